The summed E-state index contributed by atoms with van der Waals surface area (Å²) in [6, 6.07) is 13.2. The topological polar surface area (TPSA) is 84.2 Å². The van der Waals surface area contributed by atoms with Crippen LogP contribution in [0.5, 0.6) is 0 Å². The Hall–Kier alpha value is -2.34. The summed E-state index contributed by atoms with van der Waals surface area (Å²) in [5.41, 5.74) is 3.47. The molecule has 8 nitrogen and oxygen atoms in total. The number of halogens is 1. The van der Waals surface area contributed by atoms with E-state index in [0.29, 0.717) is 42.0 Å². The van der Waals surface area contributed by atoms with Gasteiger partial charge in [-0.15, -0.1) is 11.3 Å². The van der Waals surface area contributed by atoms with E-state index in [0.717, 1.165) is 26.2 Å². The van der Waals surface area contributed by atoms with Crippen LogP contribution in [0.2, 0.25) is 0 Å². The van der Waals surface area contributed by atoms with Gasteiger partial charge >= 0.3 is 0 Å². The third kappa shape index (κ3) is 3.83. The van der Waals surface area contributed by atoms with Crippen molar-refractivity contribution in [3.8, 4) is 5.82 Å². The number of benzene rings is 1. The van der Waals surface area contributed by atoms with Crippen molar-refractivity contribution >= 4 is 54.1 Å². The molecule has 0 unspecified atom stereocenters. The van der Waals surface area contributed by atoms with Gasteiger partial charge in [0.05, 0.1) is 20.5 Å². The van der Waals surface area contributed by atoms with Crippen LogP contribution in [-0.4, -0.2) is 58.7 Å². The van der Waals surface area contributed by atoms with E-state index in [2.05, 4.69) is 25.9 Å². The highest BCUT2D eigenvalue weighted by molar-refractivity contribution is 9.11. The summed E-state index contributed by atoms with van der Waals surface area (Å²) in [7, 11) is -3.51. The molecular weight excluding hydrogens is 512 g/mol. The third-order valence-corrected chi connectivity index (χ3v) is 9.42. The normalized spacial score (nSPS) is 15.5. The molecule has 0 radical (unpaired) electrons. The van der Waals surface area contributed by atoms with Crippen LogP contribution in [0.25, 0.3) is 16.9 Å². The van der Waals surface area contributed by atoms with E-state index in [1.807, 2.05) is 48.9 Å². The monoisotopic (exact) mass is 532 g/mol. The van der Waals surface area contributed by atoms with Gasteiger partial charge in [0, 0.05) is 31.9 Å². The van der Waals surface area contributed by atoms with Crippen LogP contribution in [0.3, 0.4) is 0 Å². The lowest BCUT2D eigenvalue weighted by molar-refractivity contribution is 0.384. The molecule has 0 amide bonds. The summed E-state index contributed by atoms with van der Waals surface area (Å²) in [6.07, 6.45) is 0. The largest absolute Gasteiger partial charge is 0.351 e. The first-order valence-corrected chi connectivity index (χ1v) is 13.2. The lowest BCUT2D eigenvalue weighted by atomic mass is 10.3. The number of aromatic nitrogens is 4. The van der Waals surface area contributed by atoms with E-state index >= 15 is 0 Å². The fourth-order valence-corrected chi connectivity index (χ4v) is 7.47. The van der Waals surface area contributed by atoms with Crippen molar-refractivity contribution in [3.05, 3.63) is 57.6 Å². The van der Waals surface area contributed by atoms with Crippen molar-refractivity contribution in [2.45, 2.75) is 18.1 Å². The zero-order chi connectivity index (χ0) is 22.5. The number of thiophene rings is 1. The van der Waals surface area contributed by atoms with Crippen molar-refractivity contribution in [2.75, 3.05) is 31.1 Å². The summed E-state index contributed by atoms with van der Waals surface area (Å²) in [5, 5.41) is 4.62. The Morgan fingerprint density at radius 1 is 0.938 bits per heavy atom. The number of rotatable bonds is 4. The number of fused-ring (bicyclic) bond motifs is 1. The van der Waals surface area contributed by atoms with Gasteiger partial charge in [0.15, 0.2) is 11.6 Å². The van der Waals surface area contributed by atoms with Crippen LogP contribution >= 0.6 is 27.3 Å². The van der Waals surface area contributed by atoms with Gasteiger partial charge in [0.25, 0.3) is 10.0 Å². The van der Waals surface area contributed by atoms with E-state index in [1.165, 1.54) is 11.3 Å². The number of para-hydroxylation sites is 2. The fraction of sp³-hybridized carbons (Fsp3) is 0.286. The van der Waals surface area contributed by atoms with Gasteiger partial charge < -0.3 is 4.90 Å². The first-order valence-electron chi connectivity index (χ1n) is 10.1. The SMILES string of the molecule is Cc1cc(C)n(-c2nc3ccccc3nc2N2CCN(S(=O)(=O)c3ccc(Br)s3)CC2)n1. The molecule has 0 spiro atoms. The van der Waals surface area contributed by atoms with Crippen LogP contribution in [0.4, 0.5) is 5.82 Å². The zero-order valence-corrected chi connectivity index (χ0v) is 20.8. The average molecular weight is 533 g/mol. The Kier molecular flexibility index (Phi) is 5.52. The second kappa shape index (κ2) is 8.22. The minimum absolute atomic E-state index is 0.353. The van der Waals surface area contributed by atoms with Crippen LogP contribution < -0.4 is 4.90 Å². The number of aryl methyl sites for hydroxylation is 2. The maximum atomic E-state index is 13.0. The average Bonchev–Trinajstić information content (AvgIpc) is 3.38. The molecule has 1 fully saturated rings. The predicted molar refractivity (Wildman–Crippen MR) is 129 cm³/mol. The van der Waals surface area contributed by atoms with E-state index < -0.39 is 10.0 Å². The quantitative estimate of drug-likeness (QED) is 0.397. The molecule has 1 saturated heterocycles. The van der Waals surface area contributed by atoms with E-state index in [-0.39, 0.29) is 0 Å². The lowest BCUT2D eigenvalue weighted by Gasteiger charge is -2.35. The number of piperazine rings is 1. The molecule has 3 aromatic heterocycles. The van der Waals surface area contributed by atoms with Gasteiger partial charge in [-0.05, 0) is 60.1 Å². The number of sulfonamides is 1. The Bertz CT molecular complexity index is 1410. The second-order valence-corrected chi connectivity index (χ2v) is 12.3. The van der Waals surface area contributed by atoms with Crippen LogP contribution in [0.15, 0.2) is 50.5 Å². The van der Waals surface area contributed by atoms with Gasteiger partial charge in [-0.1, -0.05) is 12.1 Å². The zero-order valence-electron chi connectivity index (χ0n) is 17.6. The van der Waals surface area contributed by atoms with Crippen LogP contribution in [0, 0.1) is 13.8 Å². The molecule has 5 rings (SSSR count). The lowest BCUT2D eigenvalue weighted by Crippen LogP contribution is -2.49. The predicted octanol–water partition coefficient (Wildman–Crippen LogP) is 3.77. The molecule has 1 aliphatic heterocycles. The summed E-state index contributed by atoms with van der Waals surface area (Å²) in [6.45, 7) is 5.73. The van der Waals surface area contributed by atoms with Crippen molar-refractivity contribution in [2.24, 2.45) is 0 Å². The molecule has 0 N–H and O–H groups in total. The highest BCUT2D eigenvalue weighted by atomic mass is 79.9. The molecule has 1 aromatic carbocycles. The molecule has 1 aliphatic rings. The molecule has 0 aliphatic carbocycles. The van der Waals surface area contributed by atoms with Crippen molar-refractivity contribution in [3.63, 3.8) is 0 Å². The maximum absolute atomic E-state index is 13.0. The standard InChI is InChI=1S/C21H21BrN6O2S2/c1-14-13-15(2)28(25-14)21-20(23-16-5-3-4-6-17(16)24-21)26-9-11-27(12-10-26)32(29,30)19-8-7-18(22)31-19/h3-8,13H,9-12H2,1-2H3. The molecule has 166 valence electrons. The number of hydrogen-bond acceptors (Lipinski definition) is 7. The summed E-state index contributed by atoms with van der Waals surface area (Å²) in [5.74, 6) is 1.37. The summed E-state index contributed by atoms with van der Waals surface area (Å²) >= 11 is 4.58. The molecule has 11 heteroatoms. The molecule has 4 heterocycles. The second-order valence-electron chi connectivity index (χ2n) is 7.65. The Morgan fingerprint density at radius 3 is 2.16 bits per heavy atom. The van der Waals surface area contributed by atoms with E-state index in [1.54, 1.807) is 16.4 Å². The van der Waals surface area contributed by atoms with Crippen LogP contribution in [-0.2, 0) is 10.0 Å². The van der Waals surface area contributed by atoms with E-state index in [9.17, 15) is 8.42 Å². The number of hydrogen-bond donors (Lipinski definition) is 0. The highest BCUT2D eigenvalue weighted by Gasteiger charge is 2.31. The summed E-state index contributed by atoms with van der Waals surface area (Å²) in [4.78, 5) is 11.9. The Morgan fingerprint density at radius 2 is 1.59 bits per heavy atom. The van der Waals surface area contributed by atoms with Crippen molar-refractivity contribution in [1.29, 1.82) is 0 Å². The molecule has 0 saturated carbocycles. The number of anilines is 1. The molecular formula is C21H21BrN6O2S2. The van der Waals surface area contributed by atoms with Gasteiger partial charge in [0.2, 0.25) is 0 Å². The van der Waals surface area contributed by atoms with Crippen molar-refractivity contribution < 1.29 is 8.42 Å². The van der Waals surface area contributed by atoms with Gasteiger partial charge in [-0.2, -0.15) is 9.40 Å². The molecule has 0 bridgehead atoms. The summed E-state index contributed by atoms with van der Waals surface area (Å²) < 4.78 is 30.5. The van der Waals surface area contributed by atoms with Gasteiger partial charge in [-0.25, -0.2) is 23.1 Å². The highest BCUT2D eigenvalue weighted by Crippen LogP contribution is 2.30. The minimum atomic E-state index is -3.51. The molecule has 0 atom stereocenters. The Balaban J connectivity index is 1.49. The minimum Gasteiger partial charge on any atom is -0.351 e. The first-order chi connectivity index (χ1) is 15.3. The van der Waals surface area contributed by atoms with Gasteiger partial charge in [-0.3, -0.25) is 0 Å². The first kappa shape index (κ1) is 21.5. The fourth-order valence-electron chi connectivity index (χ4n) is 3.88. The van der Waals surface area contributed by atoms with E-state index in [4.69, 9.17) is 9.97 Å². The third-order valence-electron chi connectivity index (χ3n) is 5.43. The van der Waals surface area contributed by atoms with Crippen LogP contribution in [0.1, 0.15) is 11.4 Å². The molecule has 4 aromatic rings. The number of nitrogens with zero attached hydrogens (tertiary/aromatic N) is 6. The molecule has 32 heavy (non-hydrogen) atoms. The Labute approximate surface area is 198 Å². The van der Waals surface area contributed by atoms with Gasteiger partial charge in [0.1, 0.15) is 4.21 Å². The maximum Gasteiger partial charge on any atom is 0.252 e. The van der Waals surface area contributed by atoms with Crippen molar-refractivity contribution in [1.82, 2.24) is 24.1 Å². The smallest absolute Gasteiger partial charge is 0.252 e.